The Kier molecular flexibility index (Phi) is 7.34. The molecule has 1 saturated heterocycles. The third-order valence-corrected chi connectivity index (χ3v) is 3.73. The number of nitrogens with zero attached hydrogens (tertiary/aromatic N) is 1. The van der Waals surface area contributed by atoms with Gasteiger partial charge in [-0.2, -0.15) is 0 Å². The molecule has 0 bridgehead atoms. The average Bonchev–Trinajstić information content (AvgIpc) is 2.38. The maximum atomic E-state index is 12.0. The van der Waals surface area contributed by atoms with E-state index in [0.29, 0.717) is 39.0 Å². The van der Waals surface area contributed by atoms with E-state index in [4.69, 9.17) is 10.5 Å². The Morgan fingerprint density at radius 1 is 1.26 bits per heavy atom. The summed E-state index contributed by atoms with van der Waals surface area (Å²) in [6.45, 7) is 2.30. The van der Waals surface area contributed by atoms with Crippen LogP contribution in [0.25, 0.3) is 0 Å². The van der Waals surface area contributed by atoms with Crippen molar-refractivity contribution in [2.45, 2.75) is 50.5 Å². The molecule has 0 aromatic heterocycles. The van der Waals surface area contributed by atoms with E-state index in [9.17, 15) is 9.90 Å². The number of unbranched alkanes of at least 4 members (excludes halogenated alkanes) is 3. The normalized spacial score (nSPS) is 18.3. The number of aliphatic hydroxyl groups is 1. The molecule has 1 fully saturated rings. The lowest BCUT2D eigenvalue weighted by molar-refractivity contribution is -0.136. The number of hydrogen-bond acceptors (Lipinski definition) is 4. The van der Waals surface area contributed by atoms with Crippen molar-refractivity contribution in [2.75, 3.05) is 33.4 Å². The first-order chi connectivity index (χ1) is 9.07. The molecule has 0 atom stereocenters. The fourth-order valence-electron chi connectivity index (χ4n) is 2.40. The van der Waals surface area contributed by atoms with Crippen molar-refractivity contribution in [3.8, 4) is 0 Å². The number of rotatable bonds is 8. The van der Waals surface area contributed by atoms with Gasteiger partial charge in [0.05, 0.1) is 5.60 Å². The molecule has 0 unspecified atom stereocenters. The van der Waals surface area contributed by atoms with E-state index in [0.717, 1.165) is 32.2 Å². The minimum Gasteiger partial charge on any atom is -0.388 e. The molecule has 1 heterocycles. The summed E-state index contributed by atoms with van der Waals surface area (Å²) in [6, 6.07) is 0. The van der Waals surface area contributed by atoms with Crippen LogP contribution in [0, 0.1) is 0 Å². The van der Waals surface area contributed by atoms with Crippen molar-refractivity contribution in [3.63, 3.8) is 0 Å². The van der Waals surface area contributed by atoms with E-state index >= 15 is 0 Å². The first-order valence-corrected chi connectivity index (χ1v) is 7.31. The van der Waals surface area contributed by atoms with E-state index in [1.54, 1.807) is 11.9 Å². The number of nitrogens with two attached hydrogens (primary N) is 1. The van der Waals surface area contributed by atoms with Crippen LogP contribution in [0.5, 0.6) is 0 Å². The highest BCUT2D eigenvalue weighted by molar-refractivity contribution is 5.75. The van der Waals surface area contributed by atoms with Gasteiger partial charge in [-0.15, -0.1) is 0 Å². The lowest BCUT2D eigenvalue weighted by Crippen LogP contribution is -2.47. The Balaban J connectivity index is 2.20. The fraction of sp³-hybridized carbons (Fsp3) is 0.929. The van der Waals surface area contributed by atoms with Crippen LogP contribution in [0.1, 0.15) is 44.9 Å². The SMILES string of the molecule is CN(CC1(O)CCOCC1)C(=O)CCCCCCN. The van der Waals surface area contributed by atoms with Gasteiger partial charge in [0.1, 0.15) is 0 Å². The van der Waals surface area contributed by atoms with Crippen LogP contribution in [0.2, 0.25) is 0 Å². The summed E-state index contributed by atoms with van der Waals surface area (Å²) in [4.78, 5) is 13.6. The Hall–Kier alpha value is -0.650. The smallest absolute Gasteiger partial charge is 0.222 e. The highest BCUT2D eigenvalue weighted by atomic mass is 16.5. The van der Waals surface area contributed by atoms with Crippen LogP contribution in [-0.4, -0.2) is 54.9 Å². The number of hydrogen-bond donors (Lipinski definition) is 2. The Morgan fingerprint density at radius 2 is 1.89 bits per heavy atom. The van der Waals surface area contributed by atoms with Crippen LogP contribution in [0.15, 0.2) is 0 Å². The Bertz CT molecular complexity index is 265. The van der Waals surface area contributed by atoms with Crippen LogP contribution in [0.4, 0.5) is 0 Å². The minimum atomic E-state index is -0.762. The van der Waals surface area contributed by atoms with Gasteiger partial charge in [0.2, 0.25) is 5.91 Å². The van der Waals surface area contributed by atoms with Gasteiger partial charge in [0.25, 0.3) is 0 Å². The highest BCUT2D eigenvalue weighted by Gasteiger charge is 2.32. The second-order valence-electron chi connectivity index (χ2n) is 5.54. The molecule has 1 amide bonds. The van der Waals surface area contributed by atoms with Crippen molar-refractivity contribution in [1.29, 1.82) is 0 Å². The Morgan fingerprint density at radius 3 is 2.53 bits per heavy atom. The van der Waals surface area contributed by atoms with Crippen LogP contribution in [-0.2, 0) is 9.53 Å². The number of carbonyl (C=O) groups is 1. The molecule has 5 nitrogen and oxygen atoms in total. The molecule has 5 heteroatoms. The number of likely N-dealkylation sites (N-methyl/N-ethyl adjacent to an activating group) is 1. The van der Waals surface area contributed by atoms with Crippen molar-refractivity contribution in [3.05, 3.63) is 0 Å². The summed E-state index contributed by atoms with van der Waals surface area (Å²) >= 11 is 0. The number of ether oxygens (including phenoxy) is 1. The quantitative estimate of drug-likeness (QED) is 0.644. The Labute approximate surface area is 116 Å². The van der Waals surface area contributed by atoms with E-state index < -0.39 is 5.60 Å². The molecule has 0 radical (unpaired) electrons. The largest absolute Gasteiger partial charge is 0.388 e. The average molecular weight is 272 g/mol. The predicted octanol–water partition coefficient (Wildman–Crippen LogP) is 0.895. The van der Waals surface area contributed by atoms with E-state index in [1.807, 2.05) is 0 Å². The summed E-state index contributed by atoms with van der Waals surface area (Å²) < 4.78 is 5.24. The molecule has 0 spiro atoms. The molecular formula is C14H28N2O3. The lowest BCUT2D eigenvalue weighted by atomic mass is 9.94. The first kappa shape index (κ1) is 16.4. The fourth-order valence-corrected chi connectivity index (χ4v) is 2.40. The first-order valence-electron chi connectivity index (χ1n) is 7.31. The summed E-state index contributed by atoms with van der Waals surface area (Å²) in [7, 11) is 1.77. The maximum Gasteiger partial charge on any atom is 0.222 e. The highest BCUT2D eigenvalue weighted by Crippen LogP contribution is 2.21. The summed E-state index contributed by atoms with van der Waals surface area (Å²) in [5.74, 6) is 0.118. The monoisotopic (exact) mass is 272 g/mol. The van der Waals surface area contributed by atoms with Crippen LogP contribution in [0.3, 0.4) is 0 Å². The molecule has 1 rings (SSSR count). The van der Waals surface area contributed by atoms with Gasteiger partial charge in [0, 0.05) is 46.1 Å². The number of amides is 1. The molecule has 0 aromatic rings. The minimum absolute atomic E-state index is 0.118. The standard InChI is InChI=1S/C14H28N2O3/c1-16(12-14(18)7-10-19-11-8-14)13(17)6-4-2-3-5-9-15/h18H,2-12,15H2,1H3. The molecule has 0 saturated carbocycles. The second-order valence-corrected chi connectivity index (χ2v) is 5.54. The van der Waals surface area contributed by atoms with Gasteiger partial charge < -0.3 is 20.5 Å². The third kappa shape index (κ3) is 6.36. The van der Waals surface area contributed by atoms with Crippen LogP contribution >= 0.6 is 0 Å². The van der Waals surface area contributed by atoms with Gasteiger partial charge in [-0.05, 0) is 19.4 Å². The van der Waals surface area contributed by atoms with Crippen molar-refractivity contribution < 1.29 is 14.6 Å². The lowest BCUT2D eigenvalue weighted by Gasteiger charge is -2.35. The molecule has 1 aliphatic rings. The molecule has 0 aliphatic carbocycles. The second kappa shape index (κ2) is 8.51. The van der Waals surface area contributed by atoms with Gasteiger partial charge >= 0.3 is 0 Å². The van der Waals surface area contributed by atoms with Gasteiger partial charge in [-0.1, -0.05) is 12.8 Å². The zero-order chi connectivity index (χ0) is 14.1. The van der Waals surface area contributed by atoms with E-state index in [-0.39, 0.29) is 5.91 Å². The molecule has 0 aromatic carbocycles. The summed E-state index contributed by atoms with van der Waals surface area (Å²) in [5.41, 5.74) is 4.66. The summed E-state index contributed by atoms with van der Waals surface area (Å²) in [6.07, 6.45) is 5.87. The molecule has 112 valence electrons. The molecule has 19 heavy (non-hydrogen) atoms. The van der Waals surface area contributed by atoms with Gasteiger partial charge in [-0.3, -0.25) is 4.79 Å². The van der Waals surface area contributed by atoms with Crippen molar-refractivity contribution in [1.82, 2.24) is 4.90 Å². The molecule has 1 aliphatic heterocycles. The third-order valence-electron chi connectivity index (χ3n) is 3.73. The van der Waals surface area contributed by atoms with Crippen molar-refractivity contribution >= 4 is 5.91 Å². The van der Waals surface area contributed by atoms with Gasteiger partial charge in [0.15, 0.2) is 0 Å². The van der Waals surface area contributed by atoms with Crippen molar-refractivity contribution in [2.24, 2.45) is 5.73 Å². The molecular weight excluding hydrogens is 244 g/mol. The van der Waals surface area contributed by atoms with E-state index in [2.05, 4.69) is 0 Å². The molecule has 3 N–H and O–H groups in total. The summed E-state index contributed by atoms with van der Waals surface area (Å²) in [5, 5.41) is 10.3. The zero-order valence-electron chi connectivity index (χ0n) is 12.1. The van der Waals surface area contributed by atoms with E-state index in [1.165, 1.54) is 0 Å². The maximum absolute atomic E-state index is 12.0. The predicted molar refractivity (Wildman–Crippen MR) is 74.8 cm³/mol. The van der Waals surface area contributed by atoms with Crippen LogP contribution < -0.4 is 5.73 Å². The van der Waals surface area contributed by atoms with Gasteiger partial charge in [-0.25, -0.2) is 0 Å². The topological polar surface area (TPSA) is 75.8 Å². The zero-order valence-corrected chi connectivity index (χ0v) is 12.1. The number of carbonyl (C=O) groups excluding carboxylic acids is 1.